The third kappa shape index (κ3) is 5.53. The second-order valence-electron chi connectivity index (χ2n) is 2.91. The Morgan fingerprint density at radius 3 is 2.57 bits per heavy atom. The van der Waals surface area contributed by atoms with Crippen LogP contribution in [0.3, 0.4) is 0 Å². The van der Waals surface area contributed by atoms with Crippen molar-refractivity contribution >= 4 is 11.9 Å². The highest BCUT2D eigenvalue weighted by Crippen LogP contribution is 1.84. The van der Waals surface area contributed by atoms with E-state index in [4.69, 9.17) is 0 Å². The molecule has 82 valence electrons. The van der Waals surface area contributed by atoms with Gasteiger partial charge in [-0.3, -0.25) is 9.59 Å². The van der Waals surface area contributed by atoms with Gasteiger partial charge in [0.2, 0.25) is 5.91 Å². The second-order valence-corrected chi connectivity index (χ2v) is 2.91. The van der Waals surface area contributed by atoms with Crippen molar-refractivity contribution in [2.75, 3.05) is 33.8 Å². The molecule has 0 heterocycles. The third-order valence-corrected chi connectivity index (χ3v) is 1.91. The summed E-state index contributed by atoms with van der Waals surface area (Å²) < 4.78 is 4.45. The van der Waals surface area contributed by atoms with Gasteiger partial charge < -0.3 is 15.0 Å². The smallest absolute Gasteiger partial charge is 0.306 e. The van der Waals surface area contributed by atoms with Crippen molar-refractivity contribution in [2.24, 2.45) is 0 Å². The summed E-state index contributed by atoms with van der Waals surface area (Å²) in [6.45, 7) is 3.33. The highest BCUT2D eigenvalue weighted by molar-refractivity contribution is 5.78. The van der Waals surface area contributed by atoms with Crippen molar-refractivity contribution in [3.8, 4) is 0 Å². The van der Waals surface area contributed by atoms with Gasteiger partial charge >= 0.3 is 5.97 Å². The lowest BCUT2D eigenvalue weighted by Gasteiger charge is -2.14. The lowest BCUT2D eigenvalue weighted by Crippen LogP contribution is -2.36. The van der Waals surface area contributed by atoms with Crippen molar-refractivity contribution in [3.05, 3.63) is 0 Å². The van der Waals surface area contributed by atoms with Crippen molar-refractivity contribution in [2.45, 2.75) is 13.3 Å². The summed E-state index contributed by atoms with van der Waals surface area (Å²) in [4.78, 5) is 23.5. The first-order valence-corrected chi connectivity index (χ1v) is 4.63. The molecule has 0 saturated carbocycles. The van der Waals surface area contributed by atoms with Crippen LogP contribution in [-0.4, -0.2) is 50.6 Å². The highest BCUT2D eigenvalue weighted by atomic mass is 16.5. The number of ether oxygens (including phenoxy) is 1. The molecule has 0 spiro atoms. The van der Waals surface area contributed by atoms with Crippen LogP contribution >= 0.6 is 0 Å². The van der Waals surface area contributed by atoms with Crippen LogP contribution in [0.2, 0.25) is 0 Å². The predicted molar refractivity (Wildman–Crippen MR) is 52.8 cm³/mol. The molecule has 0 aliphatic carbocycles. The standard InChI is InChI=1S/C9H18N2O3/c1-4-11(2)8(12)7-10-6-5-9(13)14-3/h10H,4-7H2,1-3H3. The van der Waals surface area contributed by atoms with Gasteiger partial charge in [-0.15, -0.1) is 0 Å². The minimum Gasteiger partial charge on any atom is -0.469 e. The number of carbonyl (C=O) groups excluding carboxylic acids is 2. The molecule has 0 aliphatic heterocycles. The number of amides is 1. The van der Waals surface area contributed by atoms with E-state index in [1.165, 1.54) is 7.11 Å². The summed E-state index contributed by atoms with van der Waals surface area (Å²) in [5.41, 5.74) is 0. The summed E-state index contributed by atoms with van der Waals surface area (Å²) in [5.74, 6) is -0.244. The van der Waals surface area contributed by atoms with Crippen molar-refractivity contribution in [3.63, 3.8) is 0 Å². The first kappa shape index (κ1) is 12.9. The maximum Gasteiger partial charge on any atom is 0.306 e. The molecule has 0 aromatic carbocycles. The average molecular weight is 202 g/mol. The Balaban J connectivity index is 3.45. The van der Waals surface area contributed by atoms with Gasteiger partial charge in [-0.05, 0) is 6.92 Å². The van der Waals surface area contributed by atoms with Crippen LogP contribution < -0.4 is 5.32 Å². The molecular weight excluding hydrogens is 184 g/mol. The number of nitrogens with zero attached hydrogens (tertiary/aromatic N) is 1. The summed E-state index contributed by atoms with van der Waals surface area (Å²) in [5, 5.41) is 2.87. The monoisotopic (exact) mass is 202 g/mol. The van der Waals surface area contributed by atoms with Crippen molar-refractivity contribution in [1.82, 2.24) is 10.2 Å². The van der Waals surface area contributed by atoms with Gasteiger partial charge in [-0.2, -0.15) is 0 Å². The summed E-state index contributed by atoms with van der Waals surface area (Å²) in [7, 11) is 3.09. The van der Waals surface area contributed by atoms with Gasteiger partial charge in [-0.25, -0.2) is 0 Å². The van der Waals surface area contributed by atoms with E-state index in [-0.39, 0.29) is 18.4 Å². The van der Waals surface area contributed by atoms with Crippen LogP contribution in [0.15, 0.2) is 0 Å². The molecule has 0 atom stereocenters. The van der Waals surface area contributed by atoms with Gasteiger partial charge in [0.05, 0.1) is 20.1 Å². The molecule has 1 amide bonds. The van der Waals surface area contributed by atoms with E-state index in [9.17, 15) is 9.59 Å². The van der Waals surface area contributed by atoms with Crippen LogP contribution in [0.1, 0.15) is 13.3 Å². The van der Waals surface area contributed by atoms with E-state index in [1.54, 1.807) is 11.9 Å². The van der Waals surface area contributed by atoms with Crippen LogP contribution in [0.5, 0.6) is 0 Å². The first-order chi connectivity index (χ1) is 6.61. The van der Waals surface area contributed by atoms with E-state index in [2.05, 4.69) is 10.1 Å². The highest BCUT2D eigenvalue weighted by Gasteiger charge is 2.05. The fraction of sp³-hybridized carbons (Fsp3) is 0.778. The Morgan fingerprint density at radius 2 is 2.07 bits per heavy atom. The van der Waals surface area contributed by atoms with Crippen LogP contribution in [-0.2, 0) is 14.3 Å². The van der Waals surface area contributed by atoms with Crippen LogP contribution in [0.4, 0.5) is 0 Å². The Kier molecular flexibility index (Phi) is 6.74. The molecule has 0 radical (unpaired) electrons. The molecule has 0 aliphatic rings. The fourth-order valence-corrected chi connectivity index (χ4v) is 0.799. The largest absolute Gasteiger partial charge is 0.469 e. The molecule has 14 heavy (non-hydrogen) atoms. The molecule has 0 unspecified atom stereocenters. The maximum atomic E-state index is 11.2. The Labute approximate surface area is 84.4 Å². The molecule has 0 fully saturated rings. The molecule has 0 saturated heterocycles. The Hall–Kier alpha value is -1.10. The van der Waals surface area contributed by atoms with Crippen LogP contribution in [0.25, 0.3) is 0 Å². The number of esters is 1. The summed E-state index contributed by atoms with van der Waals surface area (Å²) >= 11 is 0. The van der Waals surface area contributed by atoms with Gasteiger partial charge in [-0.1, -0.05) is 0 Å². The first-order valence-electron chi connectivity index (χ1n) is 4.63. The third-order valence-electron chi connectivity index (χ3n) is 1.91. The van der Waals surface area contributed by atoms with Crippen LogP contribution in [0, 0.1) is 0 Å². The molecule has 0 bridgehead atoms. The van der Waals surface area contributed by atoms with E-state index < -0.39 is 0 Å². The van der Waals surface area contributed by atoms with Crippen molar-refractivity contribution in [1.29, 1.82) is 0 Å². The van der Waals surface area contributed by atoms with Gasteiger partial charge in [0.15, 0.2) is 0 Å². The SMILES string of the molecule is CCN(C)C(=O)CNCCC(=O)OC. The molecule has 0 rings (SSSR count). The normalized spacial score (nSPS) is 9.64. The molecule has 5 heteroatoms. The second kappa shape index (κ2) is 7.32. The van der Waals surface area contributed by atoms with Crippen molar-refractivity contribution < 1.29 is 14.3 Å². The molecule has 0 aromatic heterocycles. The van der Waals surface area contributed by atoms with Gasteiger partial charge in [0.1, 0.15) is 0 Å². The number of hydrogen-bond acceptors (Lipinski definition) is 4. The van der Waals surface area contributed by atoms with E-state index in [1.807, 2.05) is 6.92 Å². The Morgan fingerprint density at radius 1 is 1.43 bits per heavy atom. The fourth-order valence-electron chi connectivity index (χ4n) is 0.799. The number of likely N-dealkylation sites (N-methyl/N-ethyl adjacent to an activating group) is 1. The lowest BCUT2D eigenvalue weighted by atomic mass is 10.4. The Bertz CT molecular complexity index is 194. The summed E-state index contributed by atoms with van der Waals surface area (Å²) in [6.07, 6.45) is 0.291. The summed E-state index contributed by atoms with van der Waals surface area (Å²) in [6, 6.07) is 0. The number of carbonyl (C=O) groups is 2. The number of hydrogen-bond donors (Lipinski definition) is 1. The van der Waals surface area contributed by atoms with E-state index in [0.717, 1.165) is 0 Å². The minimum atomic E-state index is -0.270. The predicted octanol–water partition coefficient (Wildman–Crippen LogP) is -0.383. The molecule has 0 aromatic rings. The minimum absolute atomic E-state index is 0.0253. The average Bonchev–Trinajstić information content (AvgIpc) is 2.22. The molecular formula is C9H18N2O3. The van der Waals surface area contributed by atoms with E-state index in [0.29, 0.717) is 19.5 Å². The molecule has 1 N–H and O–H groups in total. The zero-order chi connectivity index (χ0) is 11.0. The van der Waals surface area contributed by atoms with E-state index >= 15 is 0 Å². The topological polar surface area (TPSA) is 58.6 Å². The van der Waals surface area contributed by atoms with Gasteiger partial charge in [0.25, 0.3) is 0 Å². The number of nitrogens with one attached hydrogen (secondary N) is 1. The lowest BCUT2D eigenvalue weighted by molar-refractivity contribution is -0.140. The number of methoxy groups -OCH3 is 1. The zero-order valence-electron chi connectivity index (χ0n) is 9.00. The number of rotatable bonds is 6. The van der Waals surface area contributed by atoms with Gasteiger partial charge in [0, 0.05) is 20.1 Å². The quantitative estimate of drug-likeness (QED) is 0.471. The zero-order valence-corrected chi connectivity index (χ0v) is 9.00. The maximum absolute atomic E-state index is 11.2. The molecule has 5 nitrogen and oxygen atoms in total.